The predicted octanol–water partition coefficient (Wildman–Crippen LogP) is 3.90. The van der Waals surface area contributed by atoms with Crippen LogP contribution in [0.3, 0.4) is 0 Å². The predicted molar refractivity (Wildman–Crippen MR) is 102 cm³/mol. The Hall–Kier alpha value is -2.15. The van der Waals surface area contributed by atoms with E-state index >= 15 is 0 Å². The van der Waals surface area contributed by atoms with Gasteiger partial charge in [-0.05, 0) is 30.7 Å². The molecule has 0 fully saturated rings. The summed E-state index contributed by atoms with van der Waals surface area (Å²) in [7, 11) is 0. The van der Waals surface area contributed by atoms with Gasteiger partial charge in [0.25, 0.3) is 0 Å². The van der Waals surface area contributed by atoms with Crippen LogP contribution in [0.5, 0.6) is 0 Å². The SMILES string of the molecule is CCCN(CCC)C(=O)CCCC(=O)Nc1cc(-c2cccs2)[nH]n1. The van der Waals surface area contributed by atoms with Gasteiger partial charge in [-0.3, -0.25) is 14.7 Å². The topological polar surface area (TPSA) is 78.1 Å². The Morgan fingerprint density at radius 1 is 1.24 bits per heavy atom. The van der Waals surface area contributed by atoms with Crippen molar-refractivity contribution in [2.45, 2.75) is 46.0 Å². The van der Waals surface area contributed by atoms with Gasteiger partial charge in [0.15, 0.2) is 5.82 Å². The third-order valence-corrected chi connectivity index (χ3v) is 4.67. The molecule has 2 rings (SSSR count). The average Bonchev–Trinajstić information content (AvgIpc) is 3.25. The Labute approximate surface area is 152 Å². The van der Waals surface area contributed by atoms with Gasteiger partial charge in [-0.1, -0.05) is 19.9 Å². The van der Waals surface area contributed by atoms with Crippen LogP contribution in [0, 0.1) is 0 Å². The number of aromatic nitrogens is 2. The fraction of sp³-hybridized carbons (Fsp3) is 0.500. The number of anilines is 1. The van der Waals surface area contributed by atoms with Crippen molar-refractivity contribution in [3.05, 3.63) is 23.6 Å². The van der Waals surface area contributed by atoms with Gasteiger partial charge in [0, 0.05) is 32.0 Å². The molecule has 0 atom stereocenters. The quantitative estimate of drug-likeness (QED) is 0.673. The van der Waals surface area contributed by atoms with Gasteiger partial charge in [0.05, 0.1) is 10.6 Å². The smallest absolute Gasteiger partial charge is 0.225 e. The third kappa shape index (κ3) is 6.01. The van der Waals surface area contributed by atoms with Crippen molar-refractivity contribution in [3.63, 3.8) is 0 Å². The lowest BCUT2D eigenvalue weighted by molar-refractivity contribution is -0.131. The lowest BCUT2D eigenvalue weighted by atomic mass is 10.2. The van der Waals surface area contributed by atoms with E-state index in [9.17, 15) is 9.59 Å². The van der Waals surface area contributed by atoms with Crippen molar-refractivity contribution in [2.24, 2.45) is 0 Å². The number of carbonyl (C=O) groups is 2. The van der Waals surface area contributed by atoms with Gasteiger partial charge in [0.1, 0.15) is 0 Å². The fourth-order valence-corrected chi connectivity index (χ4v) is 3.30. The number of thiophene rings is 1. The number of hydrogen-bond donors (Lipinski definition) is 2. The summed E-state index contributed by atoms with van der Waals surface area (Å²) in [6, 6.07) is 5.78. The number of aromatic amines is 1. The van der Waals surface area contributed by atoms with E-state index in [1.807, 2.05) is 28.5 Å². The molecule has 2 aromatic heterocycles. The Morgan fingerprint density at radius 3 is 2.64 bits per heavy atom. The maximum atomic E-state index is 12.2. The van der Waals surface area contributed by atoms with Crippen LogP contribution in [-0.2, 0) is 9.59 Å². The lowest BCUT2D eigenvalue weighted by Crippen LogP contribution is -2.32. The standard InChI is InChI=1S/C18H26N4O2S/c1-3-10-22(11-4-2)18(24)9-5-8-17(23)19-16-13-14(20-21-16)15-7-6-12-25-15/h6-7,12-13H,3-5,8-11H2,1-2H3,(H2,19,20,21,23). The normalized spacial score (nSPS) is 10.6. The zero-order valence-corrected chi connectivity index (χ0v) is 15.7. The molecular weight excluding hydrogens is 336 g/mol. The third-order valence-electron chi connectivity index (χ3n) is 3.77. The molecule has 2 aromatic rings. The summed E-state index contributed by atoms with van der Waals surface area (Å²) in [6.07, 6.45) is 3.19. The molecule has 0 unspecified atom stereocenters. The second kappa shape index (κ2) is 9.98. The molecule has 6 nitrogen and oxygen atoms in total. The number of rotatable bonds is 10. The lowest BCUT2D eigenvalue weighted by Gasteiger charge is -2.21. The summed E-state index contributed by atoms with van der Waals surface area (Å²) in [5.74, 6) is 0.532. The van der Waals surface area contributed by atoms with E-state index in [4.69, 9.17) is 0 Å². The molecule has 2 amide bonds. The number of H-pyrrole nitrogens is 1. The summed E-state index contributed by atoms with van der Waals surface area (Å²) < 4.78 is 0. The molecule has 2 heterocycles. The van der Waals surface area contributed by atoms with E-state index in [0.717, 1.165) is 36.5 Å². The first-order chi connectivity index (χ1) is 12.1. The van der Waals surface area contributed by atoms with Crippen molar-refractivity contribution in [1.29, 1.82) is 0 Å². The Morgan fingerprint density at radius 2 is 2.00 bits per heavy atom. The van der Waals surface area contributed by atoms with E-state index < -0.39 is 0 Å². The minimum absolute atomic E-state index is 0.116. The molecule has 0 aromatic carbocycles. The van der Waals surface area contributed by atoms with Gasteiger partial charge in [0.2, 0.25) is 11.8 Å². The number of nitrogens with zero attached hydrogens (tertiary/aromatic N) is 2. The first kappa shape index (κ1) is 19.2. The van der Waals surface area contributed by atoms with Crippen LogP contribution >= 0.6 is 11.3 Å². The molecule has 2 N–H and O–H groups in total. The van der Waals surface area contributed by atoms with Crippen LogP contribution < -0.4 is 5.32 Å². The van der Waals surface area contributed by atoms with Crippen LogP contribution in [0.1, 0.15) is 46.0 Å². The number of hydrogen-bond acceptors (Lipinski definition) is 4. The van der Waals surface area contributed by atoms with Crippen molar-refractivity contribution >= 4 is 29.0 Å². The molecular formula is C18H26N4O2S. The minimum atomic E-state index is -0.116. The van der Waals surface area contributed by atoms with Crippen LogP contribution in [0.2, 0.25) is 0 Å². The van der Waals surface area contributed by atoms with Gasteiger partial charge in [-0.2, -0.15) is 5.10 Å². The molecule has 0 aliphatic carbocycles. The van der Waals surface area contributed by atoms with E-state index in [2.05, 4.69) is 29.4 Å². The molecule has 136 valence electrons. The maximum Gasteiger partial charge on any atom is 0.225 e. The Kier molecular flexibility index (Phi) is 7.66. The van der Waals surface area contributed by atoms with Gasteiger partial charge in [-0.25, -0.2) is 0 Å². The zero-order chi connectivity index (χ0) is 18.1. The number of carbonyl (C=O) groups excluding carboxylic acids is 2. The Bertz CT molecular complexity index is 660. The van der Waals surface area contributed by atoms with E-state index in [0.29, 0.717) is 25.1 Å². The highest BCUT2D eigenvalue weighted by molar-refractivity contribution is 7.13. The fourth-order valence-electron chi connectivity index (χ4n) is 2.61. The Balaban J connectivity index is 1.74. The second-order valence-electron chi connectivity index (χ2n) is 5.93. The summed E-state index contributed by atoms with van der Waals surface area (Å²) in [5.41, 5.74) is 0.884. The molecule has 25 heavy (non-hydrogen) atoms. The highest BCUT2D eigenvalue weighted by atomic mass is 32.1. The first-order valence-electron chi connectivity index (χ1n) is 8.81. The van der Waals surface area contributed by atoms with Crippen LogP contribution in [0.4, 0.5) is 5.82 Å². The second-order valence-corrected chi connectivity index (χ2v) is 6.87. The first-order valence-corrected chi connectivity index (χ1v) is 9.69. The van der Waals surface area contributed by atoms with Crippen LogP contribution in [-0.4, -0.2) is 40.0 Å². The number of nitrogens with one attached hydrogen (secondary N) is 2. The number of amides is 2. The molecule has 0 aliphatic heterocycles. The van der Waals surface area contributed by atoms with Crippen LogP contribution in [0.25, 0.3) is 10.6 Å². The van der Waals surface area contributed by atoms with Gasteiger partial charge < -0.3 is 10.2 Å². The highest BCUT2D eigenvalue weighted by Gasteiger charge is 2.13. The summed E-state index contributed by atoms with van der Waals surface area (Å²) in [5, 5.41) is 11.8. The maximum absolute atomic E-state index is 12.2. The highest BCUT2D eigenvalue weighted by Crippen LogP contribution is 2.24. The molecule has 0 spiro atoms. The van der Waals surface area contributed by atoms with E-state index in [1.165, 1.54) is 0 Å². The molecule has 0 saturated heterocycles. The molecule has 0 aliphatic rings. The van der Waals surface area contributed by atoms with E-state index in [-0.39, 0.29) is 11.8 Å². The molecule has 0 saturated carbocycles. The minimum Gasteiger partial charge on any atom is -0.343 e. The van der Waals surface area contributed by atoms with Gasteiger partial charge in [-0.15, -0.1) is 11.3 Å². The van der Waals surface area contributed by atoms with Crippen molar-refractivity contribution in [1.82, 2.24) is 15.1 Å². The monoisotopic (exact) mass is 362 g/mol. The largest absolute Gasteiger partial charge is 0.343 e. The summed E-state index contributed by atoms with van der Waals surface area (Å²) in [6.45, 7) is 5.71. The van der Waals surface area contributed by atoms with E-state index in [1.54, 1.807) is 11.3 Å². The van der Waals surface area contributed by atoms with Gasteiger partial charge >= 0.3 is 0 Å². The van der Waals surface area contributed by atoms with Crippen molar-refractivity contribution in [3.8, 4) is 10.6 Å². The summed E-state index contributed by atoms with van der Waals surface area (Å²) >= 11 is 1.61. The molecule has 0 bridgehead atoms. The molecule has 0 radical (unpaired) electrons. The zero-order valence-electron chi connectivity index (χ0n) is 14.9. The average molecular weight is 362 g/mol. The van der Waals surface area contributed by atoms with Crippen molar-refractivity contribution in [2.75, 3.05) is 18.4 Å². The van der Waals surface area contributed by atoms with Crippen molar-refractivity contribution < 1.29 is 9.59 Å². The van der Waals surface area contributed by atoms with Crippen LogP contribution in [0.15, 0.2) is 23.6 Å². The molecule has 7 heteroatoms. The summed E-state index contributed by atoms with van der Waals surface area (Å²) in [4.78, 5) is 27.2.